The molecule has 1 aromatic heterocycles. The van der Waals surface area contributed by atoms with Gasteiger partial charge in [-0.15, -0.1) is 0 Å². The van der Waals surface area contributed by atoms with Crippen LogP contribution in [0, 0.1) is 6.92 Å². The number of pyridine rings is 1. The average Bonchev–Trinajstić information content (AvgIpc) is 2.20. The third-order valence-electron chi connectivity index (χ3n) is 2.16. The summed E-state index contributed by atoms with van der Waals surface area (Å²) in [5, 5.41) is 0. The van der Waals surface area contributed by atoms with Crippen molar-refractivity contribution in [2.75, 3.05) is 13.2 Å². The van der Waals surface area contributed by atoms with Crippen molar-refractivity contribution >= 4 is 5.57 Å². The predicted octanol–water partition coefficient (Wildman–Crippen LogP) is 2.07. The van der Waals surface area contributed by atoms with Crippen LogP contribution in [0.3, 0.4) is 0 Å². The first kappa shape index (κ1) is 8.45. The molecule has 0 fully saturated rings. The second kappa shape index (κ2) is 3.71. The van der Waals surface area contributed by atoms with Crippen molar-refractivity contribution in [1.82, 2.24) is 4.98 Å². The number of aromatic nitrogens is 1. The first-order valence-corrected chi connectivity index (χ1v) is 4.41. The van der Waals surface area contributed by atoms with Crippen LogP contribution in [0.5, 0.6) is 0 Å². The Morgan fingerprint density at radius 1 is 1.38 bits per heavy atom. The van der Waals surface area contributed by atoms with Gasteiger partial charge in [-0.25, -0.2) is 0 Å². The molecule has 2 heterocycles. The van der Waals surface area contributed by atoms with Gasteiger partial charge in [0.25, 0.3) is 0 Å². The maximum atomic E-state index is 5.24. The average molecular weight is 174 g/mol. The number of hydrogen-bond donors (Lipinski definition) is 0. The fourth-order valence-electron chi connectivity index (χ4n) is 1.40. The van der Waals surface area contributed by atoms with Crippen molar-refractivity contribution in [2.45, 2.75) is 6.42 Å². The second-order valence-corrected chi connectivity index (χ2v) is 3.09. The van der Waals surface area contributed by atoms with Crippen LogP contribution in [0.15, 0.2) is 24.4 Å². The van der Waals surface area contributed by atoms with Gasteiger partial charge >= 0.3 is 0 Å². The Morgan fingerprint density at radius 3 is 2.92 bits per heavy atom. The molecule has 67 valence electrons. The molecule has 2 nitrogen and oxygen atoms in total. The zero-order chi connectivity index (χ0) is 9.10. The third-order valence-corrected chi connectivity index (χ3v) is 2.16. The lowest BCUT2D eigenvalue weighted by Crippen LogP contribution is -2.03. The molecule has 0 amide bonds. The summed E-state index contributed by atoms with van der Waals surface area (Å²) >= 11 is 0. The molecular formula is C11H12NO. The largest absolute Gasteiger partial charge is 0.377 e. The first-order valence-electron chi connectivity index (χ1n) is 4.41. The Hall–Kier alpha value is -1.15. The lowest BCUT2D eigenvalue weighted by atomic mass is 10.0. The fraction of sp³-hybridized carbons (Fsp3) is 0.273. The summed E-state index contributed by atoms with van der Waals surface area (Å²) in [7, 11) is 0. The number of rotatable bonds is 1. The normalized spacial score (nSPS) is 16.8. The van der Waals surface area contributed by atoms with E-state index in [1.807, 2.05) is 12.3 Å². The van der Waals surface area contributed by atoms with Crippen LogP contribution in [-0.2, 0) is 4.74 Å². The van der Waals surface area contributed by atoms with Crippen LogP contribution in [-0.4, -0.2) is 18.2 Å². The Balaban J connectivity index is 2.24. The molecule has 0 saturated heterocycles. The minimum Gasteiger partial charge on any atom is -0.377 e. The molecule has 0 aromatic carbocycles. The van der Waals surface area contributed by atoms with Crippen molar-refractivity contribution in [3.05, 3.63) is 42.6 Å². The molecule has 0 bridgehead atoms. The number of nitrogens with zero attached hydrogens (tertiary/aromatic N) is 1. The third kappa shape index (κ3) is 1.95. The van der Waals surface area contributed by atoms with Gasteiger partial charge in [-0.05, 0) is 30.5 Å². The Morgan fingerprint density at radius 2 is 2.31 bits per heavy atom. The number of hydrogen-bond acceptors (Lipinski definition) is 2. The smallest absolute Gasteiger partial charge is 0.0653 e. The molecule has 1 aliphatic rings. The summed E-state index contributed by atoms with van der Waals surface area (Å²) in [5.74, 6) is 0. The molecule has 2 heteroatoms. The molecular weight excluding hydrogens is 162 g/mol. The summed E-state index contributed by atoms with van der Waals surface area (Å²) in [4.78, 5) is 4.16. The van der Waals surface area contributed by atoms with Crippen LogP contribution < -0.4 is 0 Å². The van der Waals surface area contributed by atoms with Gasteiger partial charge in [-0.3, -0.25) is 4.98 Å². The molecule has 0 atom stereocenters. The van der Waals surface area contributed by atoms with Crippen molar-refractivity contribution in [3.8, 4) is 0 Å². The van der Waals surface area contributed by atoms with E-state index in [1.54, 1.807) is 0 Å². The molecule has 0 N–H and O–H groups in total. The van der Waals surface area contributed by atoms with Crippen molar-refractivity contribution in [3.63, 3.8) is 0 Å². The number of ether oxygens (including phenoxy) is 1. The molecule has 0 spiro atoms. The highest BCUT2D eigenvalue weighted by Crippen LogP contribution is 2.20. The zero-order valence-corrected chi connectivity index (χ0v) is 7.49. The lowest BCUT2D eigenvalue weighted by Gasteiger charge is -2.13. The van der Waals surface area contributed by atoms with E-state index in [-0.39, 0.29) is 0 Å². The maximum Gasteiger partial charge on any atom is 0.0653 e. The molecule has 0 aliphatic carbocycles. The van der Waals surface area contributed by atoms with Crippen molar-refractivity contribution in [1.29, 1.82) is 0 Å². The Labute approximate surface area is 78.3 Å². The summed E-state index contributed by atoms with van der Waals surface area (Å²) in [5.41, 5.74) is 3.34. The van der Waals surface area contributed by atoms with Gasteiger partial charge in [0, 0.05) is 11.9 Å². The second-order valence-electron chi connectivity index (χ2n) is 3.09. The predicted molar refractivity (Wildman–Crippen MR) is 52.1 cm³/mol. The van der Waals surface area contributed by atoms with E-state index in [9.17, 15) is 0 Å². The van der Waals surface area contributed by atoms with E-state index < -0.39 is 0 Å². The summed E-state index contributed by atoms with van der Waals surface area (Å²) in [6.45, 7) is 5.29. The lowest BCUT2D eigenvalue weighted by molar-refractivity contribution is 0.161. The van der Waals surface area contributed by atoms with Gasteiger partial charge in [-0.2, -0.15) is 0 Å². The maximum absolute atomic E-state index is 5.24. The van der Waals surface area contributed by atoms with E-state index in [4.69, 9.17) is 4.74 Å². The Kier molecular flexibility index (Phi) is 2.41. The van der Waals surface area contributed by atoms with Gasteiger partial charge in [0.05, 0.1) is 13.2 Å². The molecule has 2 rings (SSSR count). The highest BCUT2D eigenvalue weighted by atomic mass is 16.5. The van der Waals surface area contributed by atoms with Crippen LogP contribution in [0.4, 0.5) is 0 Å². The van der Waals surface area contributed by atoms with Crippen molar-refractivity contribution < 1.29 is 4.74 Å². The minimum atomic E-state index is 0.724. The Bertz CT molecular complexity index is 313. The topological polar surface area (TPSA) is 22.1 Å². The van der Waals surface area contributed by atoms with E-state index in [0.29, 0.717) is 0 Å². The van der Waals surface area contributed by atoms with E-state index in [1.165, 1.54) is 11.1 Å². The van der Waals surface area contributed by atoms with E-state index in [0.717, 1.165) is 25.3 Å². The molecule has 13 heavy (non-hydrogen) atoms. The van der Waals surface area contributed by atoms with E-state index >= 15 is 0 Å². The van der Waals surface area contributed by atoms with Gasteiger partial charge in [0.1, 0.15) is 0 Å². The fourth-order valence-corrected chi connectivity index (χ4v) is 1.40. The highest BCUT2D eigenvalue weighted by Gasteiger charge is 2.05. The standard InChI is InChI=1S/C11H12NO/c1-9-2-3-11(8-12-9)10-4-6-13-7-5-10/h2-4,8H,1,5-7H2. The summed E-state index contributed by atoms with van der Waals surface area (Å²) < 4.78 is 5.24. The van der Waals surface area contributed by atoms with E-state index in [2.05, 4.69) is 24.1 Å². The molecule has 1 radical (unpaired) electrons. The zero-order valence-electron chi connectivity index (χ0n) is 7.49. The molecule has 1 aromatic rings. The van der Waals surface area contributed by atoms with Crippen LogP contribution in [0.1, 0.15) is 17.7 Å². The minimum absolute atomic E-state index is 0.724. The van der Waals surface area contributed by atoms with Gasteiger partial charge in [0.15, 0.2) is 0 Å². The quantitative estimate of drug-likeness (QED) is 0.650. The monoisotopic (exact) mass is 174 g/mol. The SMILES string of the molecule is [CH2]c1ccc(C2=CCOCC2)cn1. The van der Waals surface area contributed by atoms with Crippen molar-refractivity contribution in [2.24, 2.45) is 0 Å². The molecule has 0 unspecified atom stereocenters. The van der Waals surface area contributed by atoms with Gasteiger partial charge in [0.2, 0.25) is 0 Å². The van der Waals surface area contributed by atoms with Crippen LogP contribution in [0.25, 0.3) is 5.57 Å². The van der Waals surface area contributed by atoms with Crippen LogP contribution >= 0.6 is 0 Å². The summed E-state index contributed by atoms with van der Waals surface area (Å²) in [6.07, 6.45) is 4.97. The molecule has 0 saturated carbocycles. The first-order chi connectivity index (χ1) is 6.36. The highest BCUT2D eigenvalue weighted by molar-refractivity contribution is 5.65. The summed E-state index contributed by atoms with van der Waals surface area (Å²) in [6, 6.07) is 4.00. The molecule has 1 aliphatic heterocycles. The van der Waals surface area contributed by atoms with Gasteiger partial charge < -0.3 is 4.74 Å². The van der Waals surface area contributed by atoms with Crippen LogP contribution in [0.2, 0.25) is 0 Å². The van der Waals surface area contributed by atoms with Gasteiger partial charge in [-0.1, -0.05) is 12.1 Å².